The van der Waals surface area contributed by atoms with Crippen molar-refractivity contribution >= 4 is 11.3 Å². The Balaban J connectivity index is 1.68. The molecule has 0 bridgehead atoms. The molecule has 0 fully saturated rings. The van der Waals surface area contributed by atoms with Crippen molar-refractivity contribution in [2.75, 3.05) is 33.7 Å². The first-order valence-corrected chi connectivity index (χ1v) is 10.7. The lowest BCUT2D eigenvalue weighted by molar-refractivity contribution is 0.206. The fourth-order valence-electron chi connectivity index (χ4n) is 4.11. The summed E-state index contributed by atoms with van der Waals surface area (Å²) in [6.45, 7) is 4.43. The minimum atomic E-state index is 0.554. The molecule has 3 aromatic rings. The van der Waals surface area contributed by atoms with Gasteiger partial charge in [0.15, 0.2) is 0 Å². The van der Waals surface area contributed by atoms with Gasteiger partial charge >= 0.3 is 0 Å². The molecule has 2 aromatic carbocycles. The molecule has 4 rings (SSSR count). The van der Waals surface area contributed by atoms with Gasteiger partial charge < -0.3 is 4.90 Å². The largest absolute Gasteiger partial charge is 0.308 e. The summed E-state index contributed by atoms with van der Waals surface area (Å²) < 4.78 is 0. The Hall–Kier alpha value is -1.94. The maximum atomic E-state index is 2.65. The second kappa shape index (κ2) is 8.39. The van der Waals surface area contributed by atoms with Crippen LogP contribution >= 0.6 is 11.3 Å². The topological polar surface area (TPSA) is 6.48 Å². The van der Waals surface area contributed by atoms with E-state index in [0.717, 1.165) is 32.6 Å². The summed E-state index contributed by atoms with van der Waals surface area (Å²) in [5.41, 5.74) is 5.94. The third kappa shape index (κ3) is 4.32. The van der Waals surface area contributed by atoms with Crippen LogP contribution in [0.4, 0.5) is 0 Å². The van der Waals surface area contributed by atoms with E-state index in [4.69, 9.17) is 0 Å². The summed E-state index contributed by atoms with van der Waals surface area (Å²) in [5.74, 6) is 0.554. The lowest BCUT2D eigenvalue weighted by Crippen LogP contribution is -2.38. The molecule has 1 unspecified atom stereocenters. The van der Waals surface area contributed by atoms with Crippen LogP contribution in [0.1, 0.15) is 22.6 Å². The van der Waals surface area contributed by atoms with Crippen LogP contribution in [-0.2, 0) is 13.0 Å². The van der Waals surface area contributed by atoms with Crippen LogP contribution in [0.25, 0.3) is 10.4 Å². The molecule has 0 aliphatic carbocycles. The van der Waals surface area contributed by atoms with Gasteiger partial charge in [-0.25, -0.2) is 0 Å². The number of hydrogen-bond acceptors (Lipinski definition) is 3. The molecular weight excluding hydrogens is 348 g/mol. The third-order valence-corrected chi connectivity index (χ3v) is 6.39. The second-order valence-electron chi connectivity index (χ2n) is 7.78. The number of fused-ring (bicyclic) bond motifs is 1. The van der Waals surface area contributed by atoms with Gasteiger partial charge in [-0.2, -0.15) is 0 Å². The summed E-state index contributed by atoms with van der Waals surface area (Å²) in [4.78, 5) is 6.32. The monoisotopic (exact) mass is 376 g/mol. The molecule has 0 saturated heterocycles. The number of hydrogen-bond donors (Lipinski definition) is 0. The Kier molecular flexibility index (Phi) is 5.72. The molecule has 0 N–H and O–H groups in total. The first-order valence-electron chi connectivity index (χ1n) is 9.77. The Morgan fingerprint density at radius 2 is 1.85 bits per heavy atom. The number of benzene rings is 2. The predicted octanol–water partition coefficient (Wildman–Crippen LogP) is 5.12. The smallest absolute Gasteiger partial charge is 0.0346 e. The highest BCUT2D eigenvalue weighted by atomic mass is 32.1. The molecule has 140 valence electrons. The highest BCUT2D eigenvalue weighted by molar-refractivity contribution is 7.13. The van der Waals surface area contributed by atoms with E-state index in [1.54, 1.807) is 5.56 Å². The van der Waals surface area contributed by atoms with Gasteiger partial charge in [0.05, 0.1) is 0 Å². The van der Waals surface area contributed by atoms with E-state index < -0.39 is 0 Å². The van der Waals surface area contributed by atoms with Crippen LogP contribution in [0.5, 0.6) is 0 Å². The molecule has 1 atom stereocenters. The average Bonchev–Trinajstić information content (AvgIpc) is 3.21. The van der Waals surface area contributed by atoms with E-state index in [1.807, 2.05) is 11.3 Å². The molecule has 0 radical (unpaired) electrons. The van der Waals surface area contributed by atoms with Crippen molar-refractivity contribution in [2.24, 2.45) is 0 Å². The van der Waals surface area contributed by atoms with Gasteiger partial charge in [0.1, 0.15) is 0 Å². The molecule has 0 spiro atoms. The van der Waals surface area contributed by atoms with Crippen molar-refractivity contribution in [3.8, 4) is 10.4 Å². The normalized spacial score (nSPS) is 17.2. The fourth-order valence-corrected chi connectivity index (χ4v) is 4.89. The van der Waals surface area contributed by atoms with Gasteiger partial charge in [-0.05, 0) is 54.2 Å². The van der Waals surface area contributed by atoms with Crippen molar-refractivity contribution in [2.45, 2.75) is 18.9 Å². The Bertz CT molecular complexity index is 855. The Morgan fingerprint density at radius 1 is 1.00 bits per heavy atom. The van der Waals surface area contributed by atoms with Crippen LogP contribution < -0.4 is 0 Å². The van der Waals surface area contributed by atoms with E-state index in [1.165, 1.54) is 21.6 Å². The van der Waals surface area contributed by atoms with Crippen molar-refractivity contribution < 1.29 is 0 Å². The minimum absolute atomic E-state index is 0.554. The van der Waals surface area contributed by atoms with Gasteiger partial charge in [-0.15, -0.1) is 11.3 Å². The number of thiophene rings is 1. The molecule has 1 aliphatic rings. The van der Waals surface area contributed by atoms with Gasteiger partial charge in [-0.3, -0.25) is 4.90 Å². The highest BCUT2D eigenvalue weighted by Gasteiger charge is 2.27. The number of rotatable bonds is 6. The van der Waals surface area contributed by atoms with Crippen molar-refractivity contribution in [1.29, 1.82) is 0 Å². The predicted molar refractivity (Wildman–Crippen MR) is 116 cm³/mol. The maximum Gasteiger partial charge on any atom is 0.0346 e. The minimum Gasteiger partial charge on any atom is -0.308 e. The van der Waals surface area contributed by atoms with E-state index in [0.29, 0.717) is 5.92 Å². The fraction of sp³-hybridized carbons (Fsp3) is 0.333. The van der Waals surface area contributed by atoms with E-state index in [-0.39, 0.29) is 0 Å². The first kappa shape index (κ1) is 18.4. The summed E-state index contributed by atoms with van der Waals surface area (Å²) in [6.07, 6.45) is 1.11. The molecular formula is C24H28N2S. The SMILES string of the molecule is CN(C)CCN1Cc2c(-c3cccs3)cccc2C(Cc2ccccc2)C1. The number of nitrogens with zero attached hydrogens (tertiary/aromatic N) is 2. The van der Waals surface area contributed by atoms with Crippen LogP contribution in [-0.4, -0.2) is 43.5 Å². The lowest BCUT2D eigenvalue weighted by Gasteiger charge is -2.36. The molecule has 2 nitrogen and oxygen atoms in total. The quantitative estimate of drug-likeness (QED) is 0.589. The second-order valence-corrected chi connectivity index (χ2v) is 8.72. The van der Waals surface area contributed by atoms with Crippen LogP contribution in [0, 0.1) is 0 Å². The summed E-state index contributed by atoms with van der Waals surface area (Å²) >= 11 is 1.85. The summed E-state index contributed by atoms with van der Waals surface area (Å²) in [5, 5.41) is 2.18. The van der Waals surface area contributed by atoms with Gasteiger partial charge in [0.2, 0.25) is 0 Å². The van der Waals surface area contributed by atoms with Crippen LogP contribution in [0.2, 0.25) is 0 Å². The zero-order valence-electron chi connectivity index (χ0n) is 16.3. The lowest BCUT2D eigenvalue weighted by atomic mass is 9.83. The molecule has 1 aliphatic heterocycles. The standard InChI is InChI=1S/C24H28N2S/c1-25(2)13-14-26-17-20(16-19-8-4-3-5-9-19)21-10-6-11-22(23(21)18-26)24-12-7-15-27-24/h3-12,15,20H,13-14,16-18H2,1-2H3. The third-order valence-electron chi connectivity index (χ3n) is 5.49. The van der Waals surface area contributed by atoms with Crippen molar-refractivity contribution in [3.05, 3.63) is 82.7 Å². The molecule has 27 heavy (non-hydrogen) atoms. The van der Waals surface area contributed by atoms with Gasteiger partial charge in [0, 0.05) is 37.0 Å². The summed E-state index contributed by atoms with van der Waals surface area (Å²) in [7, 11) is 4.33. The zero-order valence-corrected chi connectivity index (χ0v) is 17.1. The molecule has 0 saturated carbocycles. The molecule has 0 amide bonds. The molecule has 1 aromatic heterocycles. The van der Waals surface area contributed by atoms with Crippen LogP contribution in [0.15, 0.2) is 66.0 Å². The van der Waals surface area contributed by atoms with E-state index in [2.05, 4.69) is 89.9 Å². The van der Waals surface area contributed by atoms with Gasteiger partial charge in [-0.1, -0.05) is 54.6 Å². The zero-order chi connectivity index (χ0) is 18.6. The van der Waals surface area contributed by atoms with E-state index in [9.17, 15) is 0 Å². The Morgan fingerprint density at radius 3 is 2.59 bits per heavy atom. The molecule has 3 heteroatoms. The van der Waals surface area contributed by atoms with Crippen molar-refractivity contribution in [3.63, 3.8) is 0 Å². The van der Waals surface area contributed by atoms with Crippen molar-refractivity contribution in [1.82, 2.24) is 9.80 Å². The van der Waals surface area contributed by atoms with E-state index >= 15 is 0 Å². The Labute approximate surface area is 167 Å². The first-order chi connectivity index (χ1) is 13.2. The maximum absolute atomic E-state index is 2.65. The van der Waals surface area contributed by atoms with Gasteiger partial charge in [0.25, 0.3) is 0 Å². The summed E-state index contributed by atoms with van der Waals surface area (Å²) in [6, 6.07) is 22.3. The molecule has 2 heterocycles. The highest BCUT2D eigenvalue weighted by Crippen LogP contribution is 2.38. The van der Waals surface area contributed by atoms with Crippen LogP contribution in [0.3, 0.4) is 0 Å². The number of likely N-dealkylation sites (N-methyl/N-ethyl adjacent to an activating group) is 1. The average molecular weight is 377 g/mol.